The van der Waals surface area contributed by atoms with Crippen LogP contribution in [0.3, 0.4) is 0 Å². The Bertz CT molecular complexity index is 890. The number of thiophene rings is 1. The van der Waals surface area contributed by atoms with E-state index in [1.807, 2.05) is 0 Å². The van der Waals surface area contributed by atoms with E-state index < -0.39 is 11.2 Å². The molecular weight excluding hydrogens is 374 g/mol. The molecule has 2 N–H and O–H groups in total. The average molecular weight is 396 g/mol. The van der Waals surface area contributed by atoms with Gasteiger partial charge in [-0.05, 0) is 38.2 Å². The van der Waals surface area contributed by atoms with Gasteiger partial charge in [0.25, 0.3) is 11.5 Å². The molecule has 9 heteroatoms. The van der Waals surface area contributed by atoms with Crippen molar-refractivity contribution in [3.63, 3.8) is 0 Å². The summed E-state index contributed by atoms with van der Waals surface area (Å²) in [7, 11) is 1.48. The SMILES string of the molecule is CNC(=O)COC(=O)[C@H](C)SCc1nc2sc3c(c2c(=O)[nH]1)CCCC3. The van der Waals surface area contributed by atoms with Crippen LogP contribution >= 0.6 is 23.1 Å². The second-order valence-electron chi connectivity index (χ2n) is 6.14. The Labute approximate surface area is 158 Å². The van der Waals surface area contributed by atoms with Gasteiger partial charge in [0.05, 0.1) is 11.1 Å². The first-order valence-corrected chi connectivity index (χ1v) is 10.4. The van der Waals surface area contributed by atoms with E-state index in [1.54, 1.807) is 18.3 Å². The summed E-state index contributed by atoms with van der Waals surface area (Å²) in [5.41, 5.74) is 1.06. The summed E-state index contributed by atoms with van der Waals surface area (Å²) in [5.74, 6) is 0.128. The van der Waals surface area contributed by atoms with Crippen LogP contribution in [0.2, 0.25) is 0 Å². The van der Waals surface area contributed by atoms with Crippen LogP contribution in [-0.2, 0) is 32.9 Å². The fourth-order valence-corrected chi connectivity index (χ4v) is 4.90. The van der Waals surface area contributed by atoms with Crippen molar-refractivity contribution >= 4 is 45.2 Å². The lowest BCUT2D eigenvalue weighted by Crippen LogP contribution is -2.27. The maximum Gasteiger partial charge on any atom is 0.319 e. The third kappa shape index (κ3) is 4.09. The summed E-state index contributed by atoms with van der Waals surface area (Å²) in [6, 6.07) is 0. The largest absolute Gasteiger partial charge is 0.455 e. The van der Waals surface area contributed by atoms with Gasteiger partial charge in [0.15, 0.2) is 6.61 Å². The van der Waals surface area contributed by atoms with Gasteiger partial charge in [-0.1, -0.05) is 0 Å². The number of carbonyl (C=O) groups excluding carboxylic acids is 2. The van der Waals surface area contributed by atoms with E-state index in [-0.39, 0.29) is 18.1 Å². The monoisotopic (exact) mass is 395 g/mol. The molecule has 0 saturated carbocycles. The van der Waals surface area contributed by atoms with Crippen molar-refractivity contribution in [2.45, 2.75) is 43.6 Å². The second-order valence-corrected chi connectivity index (χ2v) is 8.55. The zero-order valence-corrected chi connectivity index (χ0v) is 16.3. The number of ether oxygens (including phenoxy) is 1. The molecule has 1 aliphatic rings. The molecule has 1 amide bonds. The van der Waals surface area contributed by atoms with Gasteiger partial charge in [0.2, 0.25) is 0 Å². The molecule has 0 fully saturated rings. The summed E-state index contributed by atoms with van der Waals surface area (Å²) >= 11 is 2.92. The molecule has 1 atom stereocenters. The van der Waals surface area contributed by atoms with Crippen molar-refractivity contribution in [1.82, 2.24) is 15.3 Å². The number of carbonyl (C=O) groups is 2. The molecule has 0 aliphatic heterocycles. The highest BCUT2D eigenvalue weighted by molar-refractivity contribution is 7.99. The predicted octanol–water partition coefficient (Wildman–Crippen LogP) is 1.77. The zero-order valence-electron chi connectivity index (χ0n) is 14.7. The molecule has 7 nitrogen and oxygen atoms in total. The summed E-state index contributed by atoms with van der Waals surface area (Å²) in [4.78, 5) is 45.0. The van der Waals surface area contributed by atoms with Crippen molar-refractivity contribution in [3.8, 4) is 0 Å². The summed E-state index contributed by atoms with van der Waals surface area (Å²) in [5, 5.41) is 2.66. The Morgan fingerprint density at radius 3 is 2.92 bits per heavy atom. The van der Waals surface area contributed by atoms with Crippen molar-refractivity contribution in [2.75, 3.05) is 13.7 Å². The van der Waals surface area contributed by atoms with Gasteiger partial charge in [-0.2, -0.15) is 0 Å². The number of nitrogens with one attached hydrogen (secondary N) is 2. The number of esters is 1. The predicted molar refractivity (Wildman–Crippen MR) is 103 cm³/mol. The lowest BCUT2D eigenvalue weighted by Gasteiger charge is -2.11. The Morgan fingerprint density at radius 1 is 1.38 bits per heavy atom. The number of rotatable bonds is 6. The molecule has 26 heavy (non-hydrogen) atoms. The van der Waals surface area contributed by atoms with E-state index in [0.29, 0.717) is 11.6 Å². The van der Waals surface area contributed by atoms with Gasteiger partial charge in [0.1, 0.15) is 15.9 Å². The summed E-state index contributed by atoms with van der Waals surface area (Å²) < 4.78 is 4.93. The molecule has 2 aromatic rings. The molecular formula is C17H21N3O4S2. The van der Waals surface area contributed by atoms with Crippen LogP contribution in [0, 0.1) is 0 Å². The fraction of sp³-hybridized carbons (Fsp3) is 0.529. The van der Waals surface area contributed by atoms with Gasteiger partial charge >= 0.3 is 5.97 Å². The number of hydrogen-bond donors (Lipinski definition) is 2. The van der Waals surface area contributed by atoms with Crippen LogP contribution < -0.4 is 10.9 Å². The number of fused-ring (bicyclic) bond motifs is 3. The minimum absolute atomic E-state index is 0.0974. The molecule has 1 aliphatic carbocycles. The maximum absolute atomic E-state index is 12.5. The summed E-state index contributed by atoms with van der Waals surface area (Å²) in [6.07, 6.45) is 4.25. The normalized spacial score (nSPS) is 14.7. The Kier molecular flexibility index (Phi) is 5.98. The van der Waals surface area contributed by atoms with E-state index in [9.17, 15) is 14.4 Å². The van der Waals surface area contributed by atoms with Gasteiger partial charge in [-0.15, -0.1) is 23.1 Å². The van der Waals surface area contributed by atoms with Crippen LogP contribution in [0.4, 0.5) is 0 Å². The minimum atomic E-state index is -0.464. The first-order chi connectivity index (χ1) is 12.5. The number of aromatic amines is 1. The quantitative estimate of drug-likeness (QED) is 0.723. The van der Waals surface area contributed by atoms with Crippen molar-refractivity contribution in [2.24, 2.45) is 0 Å². The van der Waals surface area contributed by atoms with Crippen LogP contribution in [0.1, 0.15) is 36.0 Å². The first-order valence-electron chi connectivity index (χ1n) is 8.52. The Balaban J connectivity index is 1.67. The first kappa shape index (κ1) is 18.9. The molecule has 0 spiro atoms. The minimum Gasteiger partial charge on any atom is -0.455 e. The molecule has 0 radical (unpaired) electrons. The molecule has 0 bridgehead atoms. The van der Waals surface area contributed by atoms with Gasteiger partial charge < -0.3 is 15.0 Å². The number of H-pyrrole nitrogens is 1. The Hall–Kier alpha value is -1.87. The third-order valence-electron chi connectivity index (χ3n) is 4.30. The molecule has 3 rings (SSSR count). The molecule has 0 unspecified atom stereocenters. The van der Waals surface area contributed by atoms with Gasteiger partial charge in [0, 0.05) is 11.9 Å². The number of hydrogen-bond acceptors (Lipinski definition) is 7. The van der Waals surface area contributed by atoms with Crippen LogP contribution in [0.25, 0.3) is 10.2 Å². The maximum atomic E-state index is 12.5. The molecule has 0 saturated heterocycles. The number of likely N-dealkylation sites (N-methyl/N-ethyl adjacent to an activating group) is 1. The van der Waals surface area contributed by atoms with Gasteiger partial charge in [-0.25, -0.2) is 4.98 Å². The smallest absolute Gasteiger partial charge is 0.319 e. The van der Waals surface area contributed by atoms with Crippen LogP contribution in [0.15, 0.2) is 4.79 Å². The highest BCUT2D eigenvalue weighted by atomic mass is 32.2. The summed E-state index contributed by atoms with van der Waals surface area (Å²) in [6.45, 7) is 1.42. The molecule has 0 aromatic carbocycles. The second kappa shape index (κ2) is 8.22. The lowest BCUT2D eigenvalue weighted by atomic mass is 9.97. The third-order valence-corrected chi connectivity index (χ3v) is 6.62. The van der Waals surface area contributed by atoms with E-state index in [2.05, 4.69) is 15.3 Å². The van der Waals surface area contributed by atoms with E-state index >= 15 is 0 Å². The highest BCUT2D eigenvalue weighted by Gasteiger charge is 2.21. The number of nitrogens with zero attached hydrogens (tertiary/aromatic N) is 1. The lowest BCUT2D eigenvalue weighted by molar-refractivity contribution is -0.147. The zero-order chi connectivity index (χ0) is 18.7. The molecule has 2 aromatic heterocycles. The van der Waals surface area contributed by atoms with Crippen LogP contribution in [-0.4, -0.2) is 40.7 Å². The number of thioether (sulfide) groups is 1. The van der Waals surface area contributed by atoms with E-state index in [4.69, 9.17) is 4.74 Å². The fourth-order valence-electron chi connectivity index (χ4n) is 2.88. The van der Waals surface area contributed by atoms with Crippen molar-refractivity contribution in [3.05, 3.63) is 26.6 Å². The Morgan fingerprint density at radius 2 is 2.15 bits per heavy atom. The van der Waals surface area contributed by atoms with E-state index in [1.165, 1.54) is 23.7 Å². The van der Waals surface area contributed by atoms with Crippen molar-refractivity contribution in [1.29, 1.82) is 0 Å². The topological polar surface area (TPSA) is 101 Å². The van der Waals surface area contributed by atoms with Gasteiger partial charge in [-0.3, -0.25) is 14.4 Å². The highest BCUT2D eigenvalue weighted by Crippen LogP contribution is 2.33. The number of aryl methyl sites for hydroxylation is 2. The molecule has 140 valence electrons. The number of aromatic nitrogens is 2. The van der Waals surface area contributed by atoms with Crippen molar-refractivity contribution < 1.29 is 14.3 Å². The standard InChI is InChI=1S/C17H21N3O4S2/c1-9(17(23)24-7-13(21)18-2)25-8-12-19-15(22)14-10-5-3-4-6-11(10)26-16(14)20-12/h9H,3-8H2,1-2H3,(H,18,21)(H,19,20,22)/t9-/m0/s1. The van der Waals surface area contributed by atoms with Crippen LogP contribution in [0.5, 0.6) is 0 Å². The average Bonchev–Trinajstić information content (AvgIpc) is 3.02. The van der Waals surface area contributed by atoms with E-state index in [0.717, 1.165) is 41.5 Å². The molecule has 2 heterocycles. The number of amides is 1.